The van der Waals surface area contributed by atoms with Crippen LogP contribution in [0.4, 0.5) is 13.2 Å². The third kappa shape index (κ3) is 5.44. The van der Waals surface area contributed by atoms with Gasteiger partial charge in [0, 0.05) is 18.1 Å². The predicted molar refractivity (Wildman–Crippen MR) is 113 cm³/mol. The summed E-state index contributed by atoms with van der Waals surface area (Å²) in [7, 11) is 0. The maximum Gasteiger partial charge on any atom is 0.166 e. The minimum absolute atomic E-state index is 0.0784. The summed E-state index contributed by atoms with van der Waals surface area (Å²) in [6.45, 7) is 5.09. The number of benzene rings is 2. The Bertz CT molecular complexity index is 829. The second-order valence-corrected chi connectivity index (χ2v) is 8.00. The highest BCUT2D eigenvalue weighted by molar-refractivity contribution is 5.65. The van der Waals surface area contributed by atoms with Gasteiger partial charge in [-0.1, -0.05) is 51.0 Å². The van der Waals surface area contributed by atoms with Crippen LogP contribution in [-0.2, 0) is 15.9 Å². The van der Waals surface area contributed by atoms with E-state index in [4.69, 9.17) is 9.47 Å². The van der Waals surface area contributed by atoms with Crippen molar-refractivity contribution in [3.8, 4) is 11.1 Å². The fraction of sp³-hybridized carbons (Fsp3) is 0.520. The third-order valence-electron chi connectivity index (χ3n) is 5.75. The lowest BCUT2D eigenvalue weighted by Crippen LogP contribution is -2.28. The SMILES string of the molecule is CCCCOC1CCC(c2ccc(-c3ccc(CCCC)c(F)c3)c(F)c2F)CO1. The number of halogens is 3. The number of unbranched alkanes of at least 4 members (excludes halogenated alkanes) is 2. The van der Waals surface area contributed by atoms with Crippen molar-refractivity contribution in [1.82, 2.24) is 0 Å². The van der Waals surface area contributed by atoms with Gasteiger partial charge in [0.05, 0.1) is 6.61 Å². The van der Waals surface area contributed by atoms with Crippen LogP contribution in [0, 0.1) is 17.5 Å². The van der Waals surface area contributed by atoms with Crippen LogP contribution in [0.2, 0.25) is 0 Å². The largest absolute Gasteiger partial charge is 0.353 e. The Morgan fingerprint density at radius 1 is 0.967 bits per heavy atom. The van der Waals surface area contributed by atoms with Gasteiger partial charge in [0.15, 0.2) is 17.9 Å². The lowest BCUT2D eigenvalue weighted by atomic mass is 9.90. The van der Waals surface area contributed by atoms with Gasteiger partial charge in [-0.05, 0) is 54.9 Å². The summed E-state index contributed by atoms with van der Waals surface area (Å²) in [6.07, 6.45) is 5.59. The van der Waals surface area contributed by atoms with Gasteiger partial charge in [0.1, 0.15) is 5.82 Å². The number of aryl methyl sites for hydroxylation is 1. The molecule has 0 amide bonds. The topological polar surface area (TPSA) is 18.5 Å². The normalized spacial score (nSPS) is 19.2. The number of ether oxygens (including phenoxy) is 2. The minimum atomic E-state index is -0.936. The molecule has 0 aliphatic carbocycles. The van der Waals surface area contributed by atoms with E-state index in [2.05, 4.69) is 6.92 Å². The van der Waals surface area contributed by atoms with Gasteiger partial charge < -0.3 is 9.47 Å². The zero-order valence-corrected chi connectivity index (χ0v) is 17.9. The molecule has 1 fully saturated rings. The standard InChI is InChI=1S/C25H31F3O2/c1-3-5-7-17-8-9-18(15-22(17)26)20-11-12-21(25(28)24(20)27)19-10-13-23(30-16-19)29-14-6-4-2/h8-9,11-12,15,19,23H,3-7,10,13-14,16H2,1-2H3. The van der Waals surface area contributed by atoms with Crippen LogP contribution in [0.25, 0.3) is 11.1 Å². The van der Waals surface area contributed by atoms with Crippen LogP contribution >= 0.6 is 0 Å². The molecule has 1 aliphatic rings. The molecular weight excluding hydrogens is 389 g/mol. The van der Waals surface area contributed by atoms with Gasteiger partial charge in [0.2, 0.25) is 0 Å². The zero-order chi connectivity index (χ0) is 21.5. The molecule has 3 rings (SSSR count). The van der Waals surface area contributed by atoms with Crippen molar-refractivity contribution in [3.63, 3.8) is 0 Å². The number of rotatable bonds is 9. The van der Waals surface area contributed by atoms with Crippen LogP contribution in [-0.4, -0.2) is 19.5 Å². The highest BCUT2D eigenvalue weighted by atomic mass is 19.2. The summed E-state index contributed by atoms with van der Waals surface area (Å²) in [5.41, 5.74) is 1.34. The van der Waals surface area contributed by atoms with Crippen LogP contribution < -0.4 is 0 Å². The highest BCUT2D eigenvalue weighted by Gasteiger charge is 2.27. The van der Waals surface area contributed by atoms with Gasteiger partial charge in [-0.15, -0.1) is 0 Å². The first-order chi connectivity index (χ1) is 14.5. The molecule has 1 heterocycles. The third-order valence-corrected chi connectivity index (χ3v) is 5.75. The molecule has 1 aliphatic heterocycles. The Morgan fingerprint density at radius 2 is 1.77 bits per heavy atom. The van der Waals surface area contributed by atoms with E-state index in [1.54, 1.807) is 18.2 Å². The molecule has 0 spiro atoms. The van der Waals surface area contributed by atoms with Gasteiger partial charge >= 0.3 is 0 Å². The van der Waals surface area contributed by atoms with E-state index in [9.17, 15) is 13.2 Å². The quantitative estimate of drug-likeness (QED) is 0.401. The Balaban J connectivity index is 1.71. The molecular formula is C25H31F3O2. The van der Waals surface area contributed by atoms with Crippen molar-refractivity contribution in [2.75, 3.05) is 13.2 Å². The molecule has 0 saturated carbocycles. The maximum atomic E-state index is 14.9. The van der Waals surface area contributed by atoms with Crippen molar-refractivity contribution in [1.29, 1.82) is 0 Å². The average molecular weight is 421 g/mol. The molecule has 0 bridgehead atoms. The molecule has 2 aromatic carbocycles. The van der Waals surface area contributed by atoms with Crippen molar-refractivity contribution in [3.05, 3.63) is 58.9 Å². The number of hydrogen-bond donors (Lipinski definition) is 0. The molecule has 0 aromatic heterocycles. The molecule has 1 saturated heterocycles. The van der Waals surface area contributed by atoms with Crippen molar-refractivity contribution in [2.24, 2.45) is 0 Å². The first-order valence-corrected chi connectivity index (χ1v) is 11.0. The minimum Gasteiger partial charge on any atom is -0.353 e. The Morgan fingerprint density at radius 3 is 2.43 bits per heavy atom. The van der Waals surface area contributed by atoms with E-state index in [0.29, 0.717) is 49.2 Å². The molecule has 30 heavy (non-hydrogen) atoms. The summed E-state index contributed by atoms with van der Waals surface area (Å²) < 4.78 is 55.5. The molecule has 0 radical (unpaired) electrons. The van der Waals surface area contributed by atoms with E-state index < -0.39 is 11.6 Å². The Hall–Kier alpha value is -1.85. The summed E-state index contributed by atoms with van der Waals surface area (Å²) >= 11 is 0. The number of hydrogen-bond acceptors (Lipinski definition) is 2. The molecule has 2 atom stereocenters. The van der Waals surface area contributed by atoms with E-state index >= 15 is 0 Å². The zero-order valence-electron chi connectivity index (χ0n) is 17.9. The lowest BCUT2D eigenvalue weighted by Gasteiger charge is -2.29. The Kier molecular flexibility index (Phi) is 8.34. The summed E-state index contributed by atoms with van der Waals surface area (Å²) in [5, 5.41) is 0. The molecule has 5 heteroatoms. The van der Waals surface area contributed by atoms with Crippen molar-refractivity contribution >= 4 is 0 Å². The predicted octanol–water partition coefficient (Wildman–Crippen LogP) is 7.15. The van der Waals surface area contributed by atoms with Gasteiger partial charge in [0.25, 0.3) is 0 Å². The first kappa shape index (κ1) is 22.8. The summed E-state index contributed by atoms with van der Waals surface area (Å²) in [6, 6.07) is 7.76. The van der Waals surface area contributed by atoms with Gasteiger partial charge in [-0.3, -0.25) is 0 Å². The van der Waals surface area contributed by atoms with Crippen LogP contribution in [0.1, 0.15) is 69.4 Å². The van der Waals surface area contributed by atoms with Crippen molar-refractivity contribution in [2.45, 2.75) is 71.0 Å². The van der Waals surface area contributed by atoms with Crippen molar-refractivity contribution < 1.29 is 22.6 Å². The molecule has 0 N–H and O–H groups in total. The van der Waals surface area contributed by atoms with Gasteiger partial charge in [-0.2, -0.15) is 0 Å². The Labute approximate surface area is 177 Å². The average Bonchev–Trinajstić information content (AvgIpc) is 2.75. The van der Waals surface area contributed by atoms with Crippen LogP contribution in [0.15, 0.2) is 30.3 Å². The smallest absolute Gasteiger partial charge is 0.166 e. The fourth-order valence-corrected chi connectivity index (χ4v) is 3.85. The molecule has 2 aromatic rings. The van der Waals surface area contributed by atoms with Crippen LogP contribution in [0.3, 0.4) is 0 Å². The van der Waals surface area contributed by atoms with E-state index in [0.717, 1.165) is 25.7 Å². The molecule has 164 valence electrons. The van der Waals surface area contributed by atoms with Crippen LogP contribution in [0.5, 0.6) is 0 Å². The highest BCUT2D eigenvalue weighted by Crippen LogP contribution is 2.35. The first-order valence-electron chi connectivity index (χ1n) is 11.0. The lowest BCUT2D eigenvalue weighted by molar-refractivity contribution is -0.167. The summed E-state index contributed by atoms with van der Waals surface area (Å²) in [4.78, 5) is 0. The van der Waals surface area contributed by atoms with E-state index in [-0.39, 0.29) is 23.6 Å². The molecule has 2 nitrogen and oxygen atoms in total. The second kappa shape index (κ2) is 11.0. The van der Waals surface area contributed by atoms with E-state index in [1.807, 2.05) is 6.92 Å². The van der Waals surface area contributed by atoms with Gasteiger partial charge in [-0.25, -0.2) is 13.2 Å². The van der Waals surface area contributed by atoms with E-state index in [1.165, 1.54) is 12.1 Å². The second-order valence-electron chi connectivity index (χ2n) is 8.00. The monoisotopic (exact) mass is 420 g/mol. The summed E-state index contributed by atoms with van der Waals surface area (Å²) in [5.74, 6) is -2.40. The maximum absolute atomic E-state index is 14.9. The molecule has 2 unspecified atom stereocenters. The fourth-order valence-electron chi connectivity index (χ4n) is 3.85.